The second kappa shape index (κ2) is 7.69. The van der Waals surface area contributed by atoms with E-state index in [9.17, 15) is 13.2 Å². The molecule has 0 unspecified atom stereocenters. The minimum atomic E-state index is -3.92. The van der Waals surface area contributed by atoms with Gasteiger partial charge < -0.3 is 9.64 Å². The van der Waals surface area contributed by atoms with Gasteiger partial charge in [-0.2, -0.15) is 4.31 Å². The summed E-state index contributed by atoms with van der Waals surface area (Å²) in [4.78, 5) is 16.8. The molecule has 0 fully saturated rings. The van der Waals surface area contributed by atoms with Gasteiger partial charge in [0, 0.05) is 40.1 Å². The van der Waals surface area contributed by atoms with Crippen molar-refractivity contribution in [1.29, 1.82) is 0 Å². The van der Waals surface area contributed by atoms with Crippen molar-refractivity contribution in [3.8, 4) is 0 Å². The van der Waals surface area contributed by atoms with Gasteiger partial charge >= 0.3 is 0 Å². The van der Waals surface area contributed by atoms with Crippen LogP contribution in [0.4, 0.5) is 0 Å². The Labute approximate surface area is 129 Å². The zero-order chi connectivity index (χ0) is 16.0. The molecule has 1 heterocycles. The van der Waals surface area contributed by atoms with Crippen molar-refractivity contribution in [3.05, 3.63) is 23.5 Å². The summed E-state index contributed by atoms with van der Waals surface area (Å²) in [5, 5.41) is 0.0599. The Kier molecular flexibility index (Phi) is 6.53. The van der Waals surface area contributed by atoms with Gasteiger partial charge in [-0.25, -0.2) is 8.42 Å². The summed E-state index contributed by atoms with van der Waals surface area (Å²) in [7, 11) is 0.645. The van der Waals surface area contributed by atoms with E-state index in [-0.39, 0.29) is 35.5 Å². The van der Waals surface area contributed by atoms with E-state index < -0.39 is 10.0 Å². The molecule has 118 valence electrons. The average molecular weight is 336 g/mol. The van der Waals surface area contributed by atoms with Gasteiger partial charge in [0.05, 0.1) is 18.2 Å². The fourth-order valence-electron chi connectivity index (χ4n) is 1.46. The molecule has 0 saturated heterocycles. The number of halogens is 1. The van der Waals surface area contributed by atoms with Crippen LogP contribution in [0.15, 0.2) is 23.4 Å². The fraction of sp³-hybridized carbons (Fsp3) is 0.500. The standard InChI is InChI=1S/C12H18ClN3O4S/c1-15(2)12(17)9-16(6-7-20-3)21(18,19)11-8-14-5-4-10(11)13/h4-5,8H,6-7,9H2,1-3H3. The molecule has 21 heavy (non-hydrogen) atoms. The Bertz CT molecular complexity index is 592. The molecule has 0 aliphatic heterocycles. The van der Waals surface area contributed by atoms with Crippen LogP contribution in [0.25, 0.3) is 0 Å². The molecule has 0 aliphatic rings. The van der Waals surface area contributed by atoms with E-state index in [2.05, 4.69) is 4.98 Å². The van der Waals surface area contributed by atoms with Crippen molar-refractivity contribution in [3.63, 3.8) is 0 Å². The molecule has 1 rings (SSSR count). The van der Waals surface area contributed by atoms with Gasteiger partial charge in [0.15, 0.2) is 0 Å². The molecule has 7 nitrogen and oxygen atoms in total. The first-order chi connectivity index (χ1) is 9.80. The number of hydrogen-bond acceptors (Lipinski definition) is 5. The quantitative estimate of drug-likeness (QED) is 0.723. The third-order valence-corrected chi connectivity index (χ3v) is 5.02. The van der Waals surface area contributed by atoms with Crippen molar-refractivity contribution < 1.29 is 17.9 Å². The Morgan fingerprint density at radius 1 is 1.43 bits per heavy atom. The van der Waals surface area contributed by atoms with Crippen LogP contribution in [0.2, 0.25) is 5.02 Å². The number of aromatic nitrogens is 1. The second-order valence-corrected chi connectivity index (χ2v) is 6.74. The number of rotatable bonds is 7. The Hall–Kier alpha value is -1.22. The average Bonchev–Trinajstić information content (AvgIpc) is 2.43. The number of sulfonamides is 1. The van der Waals surface area contributed by atoms with Crippen molar-refractivity contribution in [1.82, 2.24) is 14.2 Å². The predicted molar refractivity (Wildman–Crippen MR) is 78.6 cm³/mol. The lowest BCUT2D eigenvalue weighted by Crippen LogP contribution is -2.41. The second-order valence-electron chi connectivity index (χ2n) is 4.43. The molecule has 0 bridgehead atoms. The zero-order valence-corrected chi connectivity index (χ0v) is 13.7. The first-order valence-corrected chi connectivity index (χ1v) is 7.91. The highest BCUT2D eigenvalue weighted by molar-refractivity contribution is 7.89. The van der Waals surface area contributed by atoms with Gasteiger partial charge in [-0.05, 0) is 6.07 Å². The number of hydrogen-bond donors (Lipinski definition) is 0. The molecule has 0 aliphatic carbocycles. The Morgan fingerprint density at radius 2 is 2.10 bits per heavy atom. The van der Waals surface area contributed by atoms with Crippen molar-refractivity contribution in [2.75, 3.05) is 40.9 Å². The summed E-state index contributed by atoms with van der Waals surface area (Å²) in [6, 6.07) is 1.39. The van der Waals surface area contributed by atoms with Crippen LogP contribution in [0, 0.1) is 0 Å². The van der Waals surface area contributed by atoms with E-state index in [0.717, 1.165) is 10.5 Å². The van der Waals surface area contributed by atoms with E-state index in [1.807, 2.05) is 0 Å². The monoisotopic (exact) mass is 335 g/mol. The first kappa shape index (κ1) is 17.8. The maximum absolute atomic E-state index is 12.6. The van der Waals surface area contributed by atoms with Crippen LogP contribution < -0.4 is 0 Å². The van der Waals surface area contributed by atoms with Crippen LogP contribution in [0.5, 0.6) is 0 Å². The lowest BCUT2D eigenvalue weighted by atomic mass is 10.5. The molecule has 0 saturated carbocycles. The third kappa shape index (κ3) is 4.63. The molecular formula is C12H18ClN3O4S. The molecule has 0 aromatic carbocycles. The zero-order valence-electron chi connectivity index (χ0n) is 12.1. The Morgan fingerprint density at radius 3 is 2.62 bits per heavy atom. The third-order valence-electron chi connectivity index (χ3n) is 2.71. The molecule has 1 amide bonds. The molecule has 9 heteroatoms. The lowest BCUT2D eigenvalue weighted by molar-refractivity contribution is -0.128. The van der Waals surface area contributed by atoms with Gasteiger partial charge in [0.25, 0.3) is 0 Å². The smallest absolute Gasteiger partial charge is 0.246 e. The lowest BCUT2D eigenvalue weighted by Gasteiger charge is -2.23. The molecule has 0 spiro atoms. The molecule has 0 atom stereocenters. The van der Waals surface area contributed by atoms with Crippen LogP contribution >= 0.6 is 11.6 Å². The maximum Gasteiger partial charge on any atom is 0.246 e. The predicted octanol–water partition coefficient (Wildman–Crippen LogP) is 0.460. The number of carbonyl (C=O) groups excluding carboxylic acids is 1. The van der Waals surface area contributed by atoms with Gasteiger partial charge in [0.1, 0.15) is 4.90 Å². The fourth-order valence-corrected chi connectivity index (χ4v) is 3.24. The summed E-state index contributed by atoms with van der Waals surface area (Å²) in [6.07, 6.45) is 2.56. The number of methoxy groups -OCH3 is 1. The topological polar surface area (TPSA) is 79.8 Å². The van der Waals surface area contributed by atoms with Crippen molar-refractivity contribution in [2.45, 2.75) is 4.90 Å². The van der Waals surface area contributed by atoms with Gasteiger partial charge in [-0.3, -0.25) is 9.78 Å². The van der Waals surface area contributed by atoms with Gasteiger partial charge in [0.2, 0.25) is 15.9 Å². The molecule has 0 radical (unpaired) electrons. The van der Waals surface area contributed by atoms with Crippen LogP contribution in [-0.4, -0.2) is 69.4 Å². The number of amides is 1. The highest BCUT2D eigenvalue weighted by Gasteiger charge is 2.29. The highest BCUT2D eigenvalue weighted by Crippen LogP contribution is 2.23. The maximum atomic E-state index is 12.6. The molecule has 0 N–H and O–H groups in total. The number of ether oxygens (including phenoxy) is 1. The van der Waals surface area contributed by atoms with E-state index in [1.54, 1.807) is 14.1 Å². The minimum absolute atomic E-state index is 0.0453. The van der Waals surface area contributed by atoms with E-state index in [1.165, 1.54) is 24.3 Å². The number of likely N-dealkylation sites (N-methyl/N-ethyl adjacent to an activating group) is 1. The van der Waals surface area contributed by atoms with E-state index in [4.69, 9.17) is 16.3 Å². The Balaban J connectivity index is 3.12. The molecule has 1 aromatic rings. The van der Waals surface area contributed by atoms with Gasteiger partial charge in [-0.15, -0.1) is 0 Å². The normalized spacial score (nSPS) is 11.7. The SMILES string of the molecule is COCCN(CC(=O)N(C)C)S(=O)(=O)c1cnccc1Cl. The number of nitrogens with zero attached hydrogens (tertiary/aromatic N) is 3. The minimum Gasteiger partial charge on any atom is -0.383 e. The van der Waals surface area contributed by atoms with Crippen LogP contribution in [0.1, 0.15) is 0 Å². The van der Waals surface area contributed by atoms with Crippen LogP contribution in [0.3, 0.4) is 0 Å². The molecule has 1 aromatic heterocycles. The number of pyridine rings is 1. The van der Waals surface area contributed by atoms with E-state index >= 15 is 0 Å². The summed E-state index contributed by atoms with van der Waals surface area (Å²) < 4.78 is 31.1. The largest absolute Gasteiger partial charge is 0.383 e. The highest BCUT2D eigenvalue weighted by atomic mass is 35.5. The van der Waals surface area contributed by atoms with Crippen molar-refractivity contribution >= 4 is 27.5 Å². The number of carbonyl (C=O) groups is 1. The summed E-state index contributed by atoms with van der Waals surface area (Å²) in [5.41, 5.74) is 0. The van der Waals surface area contributed by atoms with Crippen LogP contribution in [-0.2, 0) is 19.6 Å². The summed E-state index contributed by atoms with van der Waals surface area (Å²) >= 11 is 5.91. The van der Waals surface area contributed by atoms with Gasteiger partial charge in [-0.1, -0.05) is 11.6 Å². The first-order valence-electron chi connectivity index (χ1n) is 6.09. The van der Waals surface area contributed by atoms with E-state index in [0.29, 0.717) is 0 Å². The summed E-state index contributed by atoms with van der Waals surface area (Å²) in [6.45, 7) is -0.0780. The van der Waals surface area contributed by atoms with Crippen molar-refractivity contribution in [2.24, 2.45) is 0 Å². The summed E-state index contributed by atoms with van der Waals surface area (Å²) in [5.74, 6) is -0.338. The molecular weight excluding hydrogens is 318 g/mol.